The number of carbonyl (C=O) groups is 2. The van der Waals surface area contributed by atoms with Crippen molar-refractivity contribution in [3.05, 3.63) is 82.1 Å². The summed E-state index contributed by atoms with van der Waals surface area (Å²) in [6.45, 7) is 10.2. The molecule has 47 heavy (non-hydrogen) atoms. The number of hydrogen-bond donors (Lipinski definition) is 1. The molecule has 0 radical (unpaired) electrons. The molecule has 0 spiro atoms. The minimum atomic E-state index is -1.75. The van der Waals surface area contributed by atoms with Gasteiger partial charge in [-0.2, -0.15) is 4.98 Å². The Morgan fingerprint density at radius 3 is 2.40 bits per heavy atom. The second-order valence-corrected chi connectivity index (χ2v) is 12.0. The highest BCUT2D eigenvalue weighted by molar-refractivity contribution is 6.14. The molecular formula is C33H30F4N6O4. The topological polar surface area (TPSA) is 112 Å². The number of benzene rings is 2. The number of anilines is 2. The van der Waals surface area contributed by atoms with Crippen LogP contribution in [0.15, 0.2) is 41.8 Å². The predicted molar refractivity (Wildman–Crippen MR) is 167 cm³/mol. The van der Waals surface area contributed by atoms with Gasteiger partial charge in [-0.05, 0) is 49.6 Å². The maximum atomic E-state index is 17.3. The molecule has 0 saturated carbocycles. The fourth-order valence-electron chi connectivity index (χ4n) is 6.57. The molecule has 1 N–H and O–H groups in total. The zero-order valence-corrected chi connectivity index (χ0v) is 26.1. The van der Waals surface area contributed by atoms with Gasteiger partial charge in [0.15, 0.2) is 23.3 Å². The molecule has 2 aliphatic rings. The molecule has 10 nitrogen and oxygen atoms in total. The number of aromatic hydroxyl groups is 1. The second kappa shape index (κ2) is 11.2. The Kier molecular flexibility index (Phi) is 7.56. The van der Waals surface area contributed by atoms with E-state index in [0.717, 1.165) is 21.6 Å². The fourth-order valence-corrected chi connectivity index (χ4v) is 6.57. The third-order valence-electron chi connectivity index (χ3n) is 8.84. The maximum absolute atomic E-state index is 17.3. The number of carbonyl (C=O) groups excluding carboxylic acids is 2. The highest BCUT2D eigenvalue weighted by Gasteiger charge is 2.45. The third-order valence-corrected chi connectivity index (χ3v) is 8.84. The normalized spacial score (nSPS) is 17.7. The molecule has 4 heterocycles. The molecule has 2 atom stereocenters. The Morgan fingerprint density at radius 2 is 1.74 bits per heavy atom. The van der Waals surface area contributed by atoms with Crippen molar-refractivity contribution in [2.24, 2.45) is 0 Å². The van der Waals surface area contributed by atoms with Crippen LogP contribution < -0.4 is 15.5 Å². The van der Waals surface area contributed by atoms with Gasteiger partial charge in [-0.1, -0.05) is 20.4 Å². The number of amides is 2. The first-order valence-electron chi connectivity index (χ1n) is 14.8. The molecular weight excluding hydrogens is 620 g/mol. The van der Waals surface area contributed by atoms with Crippen molar-refractivity contribution < 1.29 is 32.3 Å². The van der Waals surface area contributed by atoms with Crippen LogP contribution in [0.3, 0.4) is 0 Å². The summed E-state index contributed by atoms with van der Waals surface area (Å²) in [6, 6.07) is 1.17. The molecule has 1 saturated heterocycles. The van der Waals surface area contributed by atoms with Crippen LogP contribution in [0.4, 0.5) is 29.1 Å². The van der Waals surface area contributed by atoms with Gasteiger partial charge >= 0.3 is 5.69 Å². The van der Waals surface area contributed by atoms with Crippen LogP contribution in [0.25, 0.3) is 27.7 Å². The van der Waals surface area contributed by atoms with E-state index in [0.29, 0.717) is 17.3 Å². The van der Waals surface area contributed by atoms with Crippen molar-refractivity contribution in [1.82, 2.24) is 19.4 Å². The van der Waals surface area contributed by atoms with E-state index in [1.807, 2.05) is 0 Å². The average molecular weight is 651 g/mol. The molecule has 2 aromatic carbocycles. The van der Waals surface area contributed by atoms with Crippen LogP contribution in [0, 0.1) is 30.2 Å². The lowest BCUT2D eigenvalue weighted by Gasteiger charge is -2.44. The van der Waals surface area contributed by atoms with Crippen molar-refractivity contribution >= 4 is 34.2 Å². The number of phenolic OH excluding ortho intramolecular Hbond substituents is 1. The van der Waals surface area contributed by atoms with Crippen molar-refractivity contribution in [1.29, 1.82) is 0 Å². The number of piperazine rings is 1. The van der Waals surface area contributed by atoms with Gasteiger partial charge in [-0.25, -0.2) is 22.4 Å². The van der Waals surface area contributed by atoms with Crippen LogP contribution >= 0.6 is 0 Å². The number of aryl methyl sites for hydroxylation is 1. The number of nitrogens with zero attached hydrogens (tertiary/aromatic N) is 6. The molecule has 14 heteroatoms. The number of fused-ring (bicyclic) bond motifs is 2. The van der Waals surface area contributed by atoms with Gasteiger partial charge in [0.1, 0.15) is 23.1 Å². The number of rotatable bonds is 4. The van der Waals surface area contributed by atoms with Gasteiger partial charge in [-0.3, -0.25) is 19.1 Å². The minimum Gasteiger partial charge on any atom is -0.507 e. The quantitative estimate of drug-likeness (QED) is 0.252. The van der Waals surface area contributed by atoms with Crippen molar-refractivity contribution in [3.8, 4) is 22.6 Å². The molecule has 2 amide bonds. The van der Waals surface area contributed by atoms with E-state index in [1.165, 1.54) is 23.0 Å². The molecule has 2 aromatic heterocycles. The zero-order valence-electron chi connectivity index (χ0n) is 26.1. The average Bonchev–Trinajstić information content (AvgIpc) is 3.11. The van der Waals surface area contributed by atoms with Crippen molar-refractivity contribution in [2.45, 2.75) is 45.7 Å². The van der Waals surface area contributed by atoms with Crippen LogP contribution in [0.5, 0.6) is 5.75 Å². The van der Waals surface area contributed by atoms with Crippen LogP contribution in [0.2, 0.25) is 0 Å². The van der Waals surface area contributed by atoms with Gasteiger partial charge in [0, 0.05) is 25.8 Å². The second-order valence-electron chi connectivity index (χ2n) is 12.0. The monoisotopic (exact) mass is 650 g/mol. The summed E-state index contributed by atoms with van der Waals surface area (Å²) >= 11 is 0. The molecule has 0 aliphatic carbocycles. The van der Waals surface area contributed by atoms with E-state index >= 15 is 13.2 Å². The molecule has 1 fully saturated rings. The summed E-state index contributed by atoms with van der Waals surface area (Å²) in [6.07, 6.45) is 2.60. The molecule has 2 unspecified atom stereocenters. The van der Waals surface area contributed by atoms with Crippen LogP contribution in [-0.4, -0.2) is 68.6 Å². The van der Waals surface area contributed by atoms with E-state index in [9.17, 15) is 23.9 Å². The highest BCUT2D eigenvalue weighted by Crippen LogP contribution is 2.48. The number of pyridine rings is 1. The number of aromatic nitrogens is 3. The van der Waals surface area contributed by atoms with Crippen molar-refractivity contribution in [3.63, 3.8) is 0 Å². The van der Waals surface area contributed by atoms with E-state index in [4.69, 9.17) is 0 Å². The molecule has 4 aromatic rings. The summed E-state index contributed by atoms with van der Waals surface area (Å²) in [5.74, 6) is -8.99. The van der Waals surface area contributed by atoms with Crippen LogP contribution in [0.1, 0.15) is 37.9 Å². The summed E-state index contributed by atoms with van der Waals surface area (Å²) in [5, 5.41) is 10.3. The van der Waals surface area contributed by atoms with E-state index in [-0.39, 0.29) is 35.9 Å². The number of halogens is 4. The number of likely N-dealkylation sites (N-methyl/N-ethyl adjacent to an activating group) is 1. The Bertz CT molecular complexity index is 2100. The van der Waals surface area contributed by atoms with E-state index in [1.54, 1.807) is 33.8 Å². The largest absolute Gasteiger partial charge is 0.507 e. The SMILES string of the molecule is C=CC(=O)N1CC2C(=O)N(C)c3c(F)c(-c4c(O)ccc(F)c4F)c(F)c4c3c(nc(=O)n4-c3c(C)ccnc3C(C)C)N2CC1C. The lowest BCUT2D eigenvalue weighted by atomic mass is 9.97. The lowest BCUT2D eigenvalue weighted by molar-refractivity contribution is -0.130. The summed E-state index contributed by atoms with van der Waals surface area (Å²) < 4.78 is 65.0. The summed E-state index contributed by atoms with van der Waals surface area (Å²) in [5.41, 5.74) is -3.58. The highest BCUT2D eigenvalue weighted by atomic mass is 19.2. The minimum absolute atomic E-state index is 0.0533. The van der Waals surface area contributed by atoms with E-state index in [2.05, 4.69) is 16.5 Å². The standard InChI is InChI=1S/C33H30F4N6O4/c1-7-20(45)41-13-18-32(46)40(6)29-23-30(26(37)22(25(29)36)21-19(44)9-8-17(34)24(21)35)43(28-15(4)10-11-38-27(28)14(2)3)33(47)39-31(23)42(18)12-16(41)5/h7-11,14,16,18,44H,1,12-13H2,2-6H3. The number of hydrogen-bond acceptors (Lipinski definition) is 7. The van der Waals surface area contributed by atoms with E-state index < -0.39 is 80.9 Å². The first-order valence-corrected chi connectivity index (χ1v) is 14.8. The van der Waals surface area contributed by atoms with Gasteiger partial charge in [0.05, 0.1) is 40.1 Å². The number of phenols is 1. The molecule has 0 bridgehead atoms. The summed E-state index contributed by atoms with van der Waals surface area (Å²) in [4.78, 5) is 53.4. The lowest BCUT2D eigenvalue weighted by Crippen LogP contribution is -2.63. The maximum Gasteiger partial charge on any atom is 0.354 e. The molecule has 6 rings (SSSR count). The third kappa shape index (κ3) is 4.56. The zero-order chi connectivity index (χ0) is 34.2. The Balaban J connectivity index is 1.84. The first-order chi connectivity index (χ1) is 22.2. The summed E-state index contributed by atoms with van der Waals surface area (Å²) in [7, 11) is 1.21. The fraction of sp³-hybridized carbons (Fsp3) is 0.303. The van der Waals surface area contributed by atoms with Gasteiger partial charge in [-0.15, -0.1) is 0 Å². The smallest absolute Gasteiger partial charge is 0.354 e. The van der Waals surface area contributed by atoms with Gasteiger partial charge < -0.3 is 19.8 Å². The molecule has 2 aliphatic heterocycles. The Labute approximate surface area is 266 Å². The van der Waals surface area contributed by atoms with Gasteiger partial charge in [0.25, 0.3) is 5.91 Å². The van der Waals surface area contributed by atoms with Crippen LogP contribution in [-0.2, 0) is 9.59 Å². The molecule has 244 valence electrons. The predicted octanol–water partition coefficient (Wildman–Crippen LogP) is 4.71. The first kappa shape index (κ1) is 31.7. The van der Waals surface area contributed by atoms with Crippen molar-refractivity contribution in [2.75, 3.05) is 29.9 Å². The van der Waals surface area contributed by atoms with Gasteiger partial charge in [0.2, 0.25) is 5.91 Å². The Morgan fingerprint density at radius 1 is 1.04 bits per heavy atom. The Hall–Kier alpha value is -5.27.